The summed E-state index contributed by atoms with van der Waals surface area (Å²) in [6, 6.07) is 1.75. The van der Waals surface area contributed by atoms with Crippen molar-refractivity contribution in [3.05, 3.63) is 47.3 Å². The molecule has 0 spiro atoms. The summed E-state index contributed by atoms with van der Waals surface area (Å²) in [7, 11) is 0. The Kier molecular flexibility index (Phi) is 6.11. The molecule has 0 aromatic heterocycles. The first-order valence-corrected chi connectivity index (χ1v) is 8.36. The second-order valence-electron chi connectivity index (χ2n) is 6.19. The normalized spacial score (nSPS) is 30.7. The number of allylic oxidation sites excluding steroid dienone is 1. The highest BCUT2D eigenvalue weighted by molar-refractivity contribution is 5.20. The summed E-state index contributed by atoms with van der Waals surface area (Å²) in [5, 5.41) is 0. The van der Waals surface area contributed by atoms with E-state index < -0.39 is 30.0 Å². The van der Waals surface area contributed by atoms with Crippen molar-refractivity contribution < 1.29 is 32.1 Å². The summed E-state index contributed by atoms with van der Waals surface area (Å²) >= 11 is 0. The molecule has 0 bridgehead atoms. The molecule has 1 aromatic carbocycles. The van der Waals surface area contributed by atoms with Crippen molar-refractivity contribution >= 4 is 0 Å². The molecule has 2 heterocycles. The molecule has 7 heteroatoms. The Morgan fingerprint density at radius 3 is 2.12 bits per heavy atom. The van der Waals surface area contributed by atoms with Gasteiger partial charge in [-0.3, -0.25) is 0 Å². The summed E-state index contributed by atoms with van der Waals surface area (Å²) in [6.07, 6.45) is 3.75. The zero-order valence-electron chi connectivity index (χ0n) is 13.9. The van der Waals surface area contributed by atoms with Crippen LogP contribution in [0.1, 0.15) is 25.2 Å². The van der Waals surface area contributed by atoms with E-state index in [0.717, 1.165) is 18.6 Å². The topological polar surface area (TPSA) is 36.9 Å². The zero-order chi connectivity index (χ0) is 17.8. The van der Waals surface area contributed by atoms with Crippen LogP contribution in [0, 0.1) is 29.3 Å². The van der Waals surface area contributed by atoms with Gasteiger partial charge in [0.1, 0.15) is 0 Å². The quantitative estimate of drug-likeness (QED) is 0.607. The first-order valence-electron chi connectivity index (χ1n) is 8.36. The Balaban J connectivity index is 1.52. The zero-order valence-corrected chi connectivity index (χ0v) is 13.9. The average molecular weight is 358 g/mol. The molecule has 25 heavy (non-hydrogen) atoms. The fourth-order valence-corrected chi connectivity index (χ4v) is 2.82. The molecule has 0 atom stereocenters. The largest absolute Gasteiger partial charge is 0.351 e. The molecule has 2 aliphatic heterocycles. The van der Waals surface area contributed by atoms with Gasteiger partial charge in [0.15, 0.2) is 30.0 Å². The lowest BCUT2D eigenvalue weighted by Crippen LogP contribution is -2.42. The summed E-state index contributed by atoms with van der Waals surface area (Å²) in [6.45, 7) is 3.71. The van der Waals surface area contributed by atoms with Crippen molar-refractivity contribution in [3.8, 4) is 0 Å². The minimum Gasteiger partial charge on any atom is -0.351 e. The molecule has 3 rings (SSSR count). The van der Waals surface area contributed by atoms with Crippen molar-refractivity contribution in [2.45, 2.75) is 25.9 Å². The van der Waals surface area contributed by atoms with Gasteiger partial charge in [0, 0.05) is 11.5 Å². The van der Waals surface area contributed by atoms with E-state index in [1.54, 1.807) is 0 Å². The lowest BCUT2D eigenvalue weighted by Gasteiger charge is -2.37. The highest BCUT2D eigenvalue weighted by Gasteiger charge is 2.34. The van der Waals surface area contributed by atoms with Gasteiger partial charge in [-0.1, -0.05) is 19.1 Å². The van der Waals surface area contributed by atoms with Gasteiger partial charge in [0.25, 0.3) is 0 Å². The maximum atomic E-state index is 13.3. The number of benzene rings is 1. The molecular formula is C18H21F3O4. The number of hydrogen-bond acceptors (Lipinski definition) is 4. The van der Waals surface area contributed by atoms with E-state index in [9.17, 15) is 13.2 Å². The van der Waals surface area contributed by atoms with Crippen LogP contribution < -0.4 is 0 Å². The van der Waals surface area contributed by atoms with E-state index in [4.69, 9.17) is 18.9 Å². The van der Waals surface area contributed by atoms with Crippen molar-refractivity contribution in [1.82, 2.24) is 0 Å². The van der Waals surface area contributed by atoms with Crippen LogP contribution in [0.25, 0.3) is 0 Å². The van der Waals surface area contributed by atoms with Crippen molar-refractivity contribution in [2.24, 2.45) is 11.8 Å². The molecular weight excluding hydrogens is 337 g/mol. The first kappa shape index (κ1) is 18.4. The van der Waals surface area contributed by atoms with Crippen LogP contribution in [0.15, 0.2) is 24.3 Å². The fourth-order valence-electron chi connectivity index (χ4n) is 2.82. The minimum absolute atomic E-state index is 0.102. The van der Waals surface area contributed by atoms with Gasteiger partial charge in [-0.2, -0.15) is 0 Å². The number of halogens is 3. The highest BCUT2D eigenvalue weighted by atomic mass is 19.2. The Hall–Kier alpha value is -1.41. The van der Waals surface area contributed by atoms with Crippen LogP contribution in [0.2, 0.25) is 0 Å². The molecule has 0 aliphatic carbocycles. The summed E-state index contributed by atoms with van der Waals surface area (Å²) in [5.41, 5.74) is 0.102. The predicted octanol–water partition coefficient (Wildman–Crippen LogP) is 3.72. The van der Waals surface area contributed by atoms with Gasteiger partial charge in [-0.05, 0) is 18.6 Å². The molecule has 0 unspecified atom stereocenters. The number of rotatable bonds is 4. The second-order valence-corrected chi connectivity index (χ2v) is 6.19. The molecule has 2 saturated heterocycles. The molecule has 0 saturated carbocycles. The van der Waals surface area contributed by atoms with E-state index >= 15 is 0 Å². The van der Waals surface area contributed by atoms with Crippen LogP contribution in [0.5, 0.6) is 0 Å². The molecule has 0 amide bonds. The SMILES string of the molecule is CC/C=C/[C@H]1CO[C@H]([C@H]2CO[C@H](c3cc(F)c(F)c(F)c3)OC2)OC1. The smallest absolute Gasteiger partial charge is 0.194 e. The van der Waals surface area contributed by atoms with E-state index in [1.165, 1.54) is 0 Å². The van der Waals surface area contributed by atoms with E-state index in [0.29, 0.717) is 13.2 Å². The molecule has 2 fully saturated rings. The van der Waals surface area contributed by atoms with Crippen LogP contribution in [0.4, 0.5) is 13.2 Å². The molecule has 0 radical (unpaired) electrons. The van der Waals surface area contributed by atoms with Gasteiger partial charge in [0.2, 0.25) is 0 Å². The Morgan fingerprint density at radius 2 is 1.56 bits per heavy atom. The first-order chi connectivity index (χ1) is 12.1. The maximum absolute atomic E-state index is 13.3. The van der Waals surface area contributed by atoms with E-state index in [-0.39, 0.29) is 30.6 Å². The standard InChI is InChI=1S/C18H21F3O4/c1-2-3-4-11-7-22-18(23-8-11)13-9-24-17(25-10-13)12-5-14(19)16(21)15(20)6-12/h3-6,11,13,17-18H,2,7-10H2,1H3/b4-3+/t11-,13-,17-,18-. The Labute approximate surface area is 144 Å². The average Bonchev–Trinajstić information content (AvgIpc) is 2.64. The third-order valence-electron chi connectivity index (χ3n) is 4.18. The van der Waals surface area contributed by atoms with E-state index in [2.05, 4.69) is 19.1 Å². The highest BCUT2D eigenvalue weighted by Crippen LogP contribution is 2.30. The van der Waals surface area contributed by atoms with Crippen molar-refractivity contribution in [3.63, 3.8) is 0 Å². The molecule has 2 aliphatic rings. The lowest BCUT2D eigenvalue weighted by molar-refractivity contribution is -0.280. The minimum atomic E-state index is -1.51. The van der Waals surface area contributed by atoms with Gasteiger partial charge in [-0.15, -0.1) is 0 Å². The number of hydrogen-bond donors (Lipinski definition) is 0. The third-order valence-corrected chi connectivity index (χ3v) is 4.18. The molecule has 4 nitrogen and oxygen atoms in total. The van der Waals surface area contributed by atoms with Gasteiger partial charge < -0.3 is 18.9 Å². The van der Waals surface area contributed by atoms with Crippen molar-refractivity contribution in [2.75, 3.05) is 26.4 Å². The number of ether oxygens (including phenoxy) is 4. The van der Waals surface area contributed by atoms with Crippen LogP contribution in [-0.4, -0.2) is 32.7 Å². The maximum Gasteiger partial charge on any atom is 0.194 e. The van der Waals surface area contributed by atoms with Gasteiger partial charge >= 0.3 is 0 Å². The summed E-state index contributed by atoms with van der Waals surface area (Å²) < 4.78 is 62.1. The lowest BCUT2D eigenvalue weighted by atomic mass is 10.1. The Morgan fingerprint density at radius 1 is 0.960 bits per heavy atom. The van der Waals surface area contributed by atoms with Crippen LogP contribution in [-0.2, 0) is 18.9 Å². The summed E-state index contributed by atoms with van der Waals surface area (Å²) in [5.74, 6) is -3.95. The molecule has 0 N–H and O–H groups in total. The predicted molar refractivity (Wildman–Crippen MR) is 83.1 cm³/mol. The van der Waals surface area contributed by atoms with Crippen LogP contribution in [0.3, 0.4) is 0 Å². The monoisotopic (exact) mass is 358 g/mol. The van der Waals surface area contributed by atoms with Crippen molar-refractivity contribution in [1.29, 1.82) is 0 Å². The summed E-state index contributed by atoms with van der Waals surface area (Å²) in [4.78, 5) is 0. The second kappa shape index (κ2) is 8.31. The van der Waals surface area contributed by atoms with Gasteiger partial charge in [-0.25, -0.2) is 13.2 Å². The molecule has 1 aromatic rings. The van der Waals surface area contributed by atoms with Gasteiger partial charge in [0.05, 0.1) is 32.3 Å². The van der Waals surface area contributed by atoms with Crippen LogP contribution >= 0.6 is 0 Å². The third kappa shape index (κ3) is 4.41. The molecule has 138 valence electrons. The fraction of sp³-hybridized carbons (Fsp3) is 0.556. The van der Waals surface area contributed by atoms with E-state index in [1.807, 2.05) is 0 Å². The Bertz CT molecular complexity index is 583.